The summed E-state index contributed by atoms with van der Waals surface area (Å²) in [6.07, 6.45) is 1.60. The number of nitrogens with zero attached hydrogens (tertiary/aromatic N) is 2. The number of hydrogen-bond donors (Lipinski definition) is 1. The zero-order valence-electron chi connectivity index (χ0n) is 9.57. The van der Waals surface area contributed by atoms with Crippen LogP contribution in [0.3, 0.4) is 0 Å². The van der Waals surface area contributed by atoms with Crippen LogP contribution in [0.25, 0.3) is 0 Å². The maximum atomic E-state index is 5.72. The highest BCUT2D eigenvalue weighted by Gasteiger charge is 2.04. The van der Waals surface area contributed by atoms with Crippen molar-refractivity contribution in [1.29, 1.82) is 0 Å². The molecule has 0 spiro atoms. The summed E-state index contributed by atoms with van der Waals surface area (Å²) in [7, 11) is 1.63. The van der Waals surface area contributed by atoms with Crippen LogP contribution >= 0.6 is 11.6 Å². The zero-order chi connectivity index (χ0) is 12.3. The van der Waals surface area contributed by atoms with Crippen LogP contribution in [-0.2, 0) is 0 Å². The molecule has 0 aliphatic heterocycles. The predicted molar refractivity (Wildman–Crippen MR) is 68.1 cm³/mol. The molecule has 1 aromatic heterocycles. The van der Waals surface area contributed by atoms with Crippen molar-refractivity contribution in [2.75, 3.05) is 12.4 Å². The van der Waals surface area contributed by atoms with Gasteiger partial charge in [-0.1, -0.05) is 6.07 Å². The average Bonchev–Trinajstić information content (AvgIpc) is 2.29. The fourth-order valence-electron chi connectivity index (χ4n) is 1.46. The standard InChI is InChI=1S/C12H12ClN3O/c1-8-3-4-10(17-2)9(7-8)15-11-5-6-14-12(13)16-11/h3-7H,1-2H3,(H,14,15,16). The van der Waals surface area contributed by atoms with Gasteiger partial charge in [0.05, 0.1) is 12.8 Å². The quantitative estimate of drug-likeness (QED) is 0.849. The molecule has 0 saturated heterocycles. The number of aryl methyl sites for hydroxylation is 1. The highest BCUT2D eigenvalue weighted by molar-refractivity contribution is 6.28. The molecule has 0 atom stereocenters. The molecule has 1 heterocycles. The number of halogens is 1. The van der Waals surface area contributed by atoms with E-state index in [9.17, 15) is 0 Å². The molecule has 0 aliphatic rings. The molecule has 1 N–H and O–H groups in total. The summed E-state index contributed by atoms with van der Waals surface area (Å²) in [5, 5.41) is 3.35. The number of rotatable bonds is 3. The van der Waals surface area contributed by atoms with Gasteiger partial charge >= 0.3 is 0 Å². The summed E-state index contributed by atoms with van der Waals surface area (Å²) < 4.78 is 5.26. The molecule has 5 heteroatoms. The SMILES string of the molecule is COc1ccc(C)cc1Nc1ccnc(Cl)n1. The molecule has 2 aromatic rings. The predicted octanol–water partition coefficient (Wildman–Crippen LogP) is 3.19. The fraction of sp³-hybridized carbons (Fsp3) is 0.167. The smallest absolute Gasteiger partial charge is 0.224 e. The Labute approximate surface area is 105 Å². The molecule has 88 valence electrons. The third kappa shape index (κ3) is 2.85. The third-order valence-corrected chi connectivity index (χ3v) is 2.43. The van der Waals surface area contributed by atoms with Gasteiger partial charge in [0.1, 0.15) is 11.6 Å². The van der Waals surface area contributed by atoms with Crippen LogP contribution in [0.15, 0.2) is 30.5 Å². The lowest BCUT2D eigenvalue weighted by Crippen LogP contribution is -1.97. The summed E-state index contributed by atoms with van der Waals surface area (Å²) in [6.45, 7) is 2.01. The molecule has 17 heavy (non-hydrogen) atoms. The van der Waals surface area contributed by atoms with Crippen LogP contribution in [0, 0.1) is 6.92 Å². The molecule has 2 rings (SSSR count). The molecule has 0 saturated carbocycles. The first kappa shape index (κ1) is 11.7. The van der Waals surface area contributed by atoms with E-state index in [1.54, 1.807) is 19.4 Å². The Balaban J connectivity index is 2.32. The molecule has 0 radical (unpaired) electrons. The molecule has 0 bridgehead atoms. The van der Waals surface area contributed by atoms with Crippen molar-refractivity contribution < 1.29 is 4.74 Å². The van der Waals surface area contributed by atoms with Gasteiger partial charge in [0.25, 0.3) is 0 Å². The van der Waals surface area contributed by atoms with Crippen LogP contribution in [-0.4, -0.2) is 17.1 Å². The Morgan fingerprint density at radius 2 is 2.12 bits per heavy atom. The molecule has 1 aromatic carbocycles. The monoisotopic (exact) mass is 249 g/mol. The Hall–Kier alpha value is -1.81. The molecule has 0 unspecified atom stereocenters. The number of nitrogens with one attached hydrogen (secondary N) is 1. The first-order chi connectivity index (χ1) is 8.19. The van der Waals surface area contributed by atoms with E-state index in [4.69, 9.17) is 16.3 Å². The van der Waals surface area contributed by atoms with Gasteiger partial charge < -0.3 is 10.1 Å². The largest absolute Gasteiger partial charge is 0.495 e. The average molecular weight is 250 g/mol. The van der Waals surface area contributed by atoms with Gasteiger partial charge in [0.15, 0.2) is 0 Å². The lowest BCUT2D eigenvalue weighted by molar-refractivity contribution is 0.416. The maximum absolute atomic E-state index is 5.72. The van der Waals surface area contributed by atoms with E-state index >= 15 is 0 Å². The van der Waals surface area contributed by atoms with E-state index in [0.717, 1.165) is 17.0 Å². The minimum absolute atomic E-state index is 0.210. The highest BCUT2D eigenvalue weighted by atomic mass is 35.5. The van der Waals surface area contributed by atoms with Crippen molar-refractivity contribution in [1.82, 2.24) is 9.97 Å². The lowest BCUT2D eigenvalue weighted by Gasteiger charge is -2.11. The Morgan fingerprint density at radius 3 is 2.82 bits per heavy atom. The maximum Gasteiger partial charge on any atom is 0.224 e. The van der Waals surface area contributed by atoms with E-state index in [2.05, 4.69) is 15.3 Å². The van der Waals surface area contributed by atoms with E-state index in [1.165, 1.54) is 0 Å². The summed E-state index contributed by atoms with van der Waals surface area (Å²) in [4.78, 5) is 7.89. The number of benzene rings is 1. The summed E-state index contributed by atoms with van der Waals surface area (Å²) in [5.41, 5.74) is 1.98. The number of hydrogen-bond acceptors (Lipinski definition) is 4. The van der Waals surface area contributed by atoms with Crippen molar-refractivity contribution in [2.45, 2.75) is 6.92 Å². The lowest BCUT2D eigenvalue weighted by atomic mass is 10.2. The van der Waals surface area contributed by atoms with Crippen molar-refractivity contribution in [2.24, 2.45) is 0 Å². The molecule has 4 nitrogen and oxygen atoms in total. The van der Waals surface area contributed by atoms with Crippen LogP contribution in [0.4, 0.5) is 11.5 Å². The summed E-state index contributed by atoms with van der Waals surface area (Å²) in [6, 6.07) is 7.61. The summed E-state index contributed by atoms with van der Waals surface area (Å²) >= 11 is 5.72. The van der Waals surface area contributed by atoms with Crippen LogP contribution in [0.5, 0.6) is 5.75 Å². The van der Waals surface area contributed by atoms with Crippen molar-refractivity contribution >= 4 is 23.1 Å². The fourth-order valence-corrected chi connectivity index (χ4v) is 1.61. The number of methoxy groups -OCH3 is 1. The molecule has 0 amide bonds. The van der Waals surface area contributed by atoms with Gasteiger partial charge in [0.2, 0.25) is 5.28 Å². The van der Waals surface area contributed by atoms with Crippen LogP contribution in [0.2, 0.25) is 5.28 Å². The number of ether oxygens (including phenoxy) is 1. The second-order valence-corrected chi connectivity index (χ2v) is 3.88. The first-order valence-corrected chi connectivity index (χ1v) is 5.47. The van der Waals surface area contributed by atoms with Gasteiger partial charge in [-0.25, -0.2) is 9.97 Å². The highest BCUT2D eigenvalue weighted by Crippen LogP contribution is 2.27. The normalized spacial score (nSPS) is 10.1. The van der Waals surface area contributed by atoms with E-state index in [-0.39, 0.29) is 5.28 Å². The van der Waals surface area contributed by atoms with Crippen LogP contribution < -0.4 is 10.1 Å². The topological polar surface area (TPSA) is 47.0 Å². The Bertz CT molecular complexity index is 531. The van der Waals surface area contributed by atoms with Gasteiger partial charge in [-0.2, -0.15) is 0 Å². The van der Waals surface area contributed by atoms with Gasteiger partial charge in [-0.15, -0.1) is 0 Å². The Kier molecular flexibility index (Phi) is 3.44. The zero-order valence-corrected chi connectivity index (χ0v) is 10.3. The number of aromatic nitrogens is 2. The summed E-state index contributed by atoms with van der Waals surface area (Å²) in [5.74, 6) is 1.39. The molecule has 0 fully saturated rings. The first-order valence-electron chi connectivity index (χ1n) is 5.09. The van der Waals surface area contributed by atoms with Gasteiger partial charge in [-0.05, 0) is 42.3 Å². The van der Waals surface area contributed by atoms with Gasteiger partial charge in [-0.3, -0.25) is 0 Å². The van der Waals surface area contributed by atoms with Crippen LogP contribution in [0.1, 0.15) is 5.56 Å². The number of anilines is 2. The molecular formula is C12H12ClN3O. The molecule has 0 aliphatic carbocycles. The minimum Gasteiger partial charge on any atom is -0.495 e. The van der Waals surface area contributed by atoms with Crippen molar-refractivity contribution in [3.05, 3.63) is 41.3 Å². The van der Waals surface area contributed by atoms with E-state index in [1.807, 2.05) is 25.1 Å². The second kappa shape index (κ2) is 5.01. The second-order valence-electron chi connectivity index (χ2n) is 3.54. The van der Waals surface area contributed by atoms with Crippen molar-refractivity contribution in [3.63, 3.8) is 0 Å². The van der Waals surface area contributed by atoms with Crippen molar-refractivity contribution in [3.8, 4) is 5.75 Å². The van der Waals surface area contributed by atoms with E-state index in [0.29, 0.717) is 5.82 Å². The van der Waals surface area contributed by atoms with Gasteiger partial charge in [0, 0.05) is 6.20 Å². The minimum atomic E-state index is 0.210. The Morgan fingerprint density at radius 1 is 1.29 bits per heavy atom. The van der Waals surface area contributed by atoms with E-state index < -0.39 is 0 Å². The third-order valence-electron chi connectivity index (χ3n) is 2.24. The molecular weight excluding hydrogens is 238 g/mol.